The summed E-state index contributed by atoms with van der Waals surface area (Å²) < 4.78 is 1.45. The molecule has 7 heteroatoms. The molecule has 16 heavy (non-hydrogen) atoms. The Balaban J connectivity index is 2.23. The van der Waals surface area contributed by atoms with Crippen LogP contribution >= 0.6 is 0 Å². The lowest BCUT2D eigenvalue weighted by molar-refractivity contribution is -0.121. The lowest BCUT2D eigenvalue weighted by Gasteiger charge is -2.03. The quantitative estimate of drug-likeness (QED) is 0.498. The number of aromatic nitrogens is 3. The summed E-state index contributed by atoms with van der Waals surface area (Å²) in [6.07, 6.45) is 3.11. The van der Waals surface area contributed by atoms with Crippen molar-refractivity contribution in [3.8, 4) is 0 Å². The zero-order valence-electron chi connectivity index (χ0n) is 9.09. The molecule has 0 atom stereocenters. The van der Waals surface area contributed by atoms with Crippen LogP contribution in [0.5, 0.6) is 0 Å². The number of unbranched alkanes of at least 4 members (excludes halogenated alkanes) is 1. The Labute approximate surface area is 93.6 Å². The van der Waals surface area contributed by atoms with Crippen molar-refractivity contribution in [3.05, 3.63) is 11.9 Å². The Morgan fingerprint density at radius 3 is 3.00 bits per heavy atom. The van der Waals surface area contributed by atoms with Crippen LogP contribution in [0.4, 0.5) is 0 Å². The van der Waals surface area contributed by atoms with E-state index in [1.807, 2.05) is 0 Å². The Kier molecular flexibility index (Phi) is 5.44. The first-order valence-corrected chi connectivity index (χ1v) is 5.23. The largest absolute Gasteiger partial charge is 0.396 e. The van der Waals surface area contributed by atoms with Crippen molar-refractivity contribution in [1.82, 2.24) is 20.3 Å². The SMILES string of the molecule is NCc1cn(CC(=O)NCCCCO)nn1. The molecular weight excluding hydrogens is 210 g/mol. The molecule has 90 valence electrons. The zero-order valence-corrected chi connectivity index (χ0v) is 9.09. The number of nitrogens with one attached hydrogen (secondary N) is 1. The number of hydrogen-bond donors (Lipinski definition) is 3. The van der Waals surface area contributed by atoms with Crippen LogP contribution in [0.3, 0.4) is 0 Å². The van der Waals surface area contributed by atoms with E-state index in [1.54, 1.807) is 6.20 Å². The molecule has 7 nitrogen and oxygen atoms in total. The Morgan fingerprint density at radius 2 is 2.38 bits per heavy atom. The van der Waals surface area contributed by atoms with E-state index in [1.165, 1.54) is 4.68 Å². The molecule has 0 aromatic carbocycles. The van der Waals surface area contributed by atoms with E-state index >= 15 is 0 Å². The molecule has 0 radical (unpaired) electrons. The van der Waals surface area contributed by atoms with Crippen molar-refractivity contribution in [3.63, 3.8) is 0 Å². The van der Waals surface area contributed by atoms with Crippen LogP contribution in [0.15, 0.2) is 6.20 Å². The molecule has 0 aliphatic heterocycles. The second-order valence-corrected chi connectivity index (χ2v) is 3.39. The fourth-order valence-electron chi connectivity index (χ4n) is 1.18. The third-order valence-electron chi connectivity index (χ3n) is 2.01. The highest BCUT2D eigenvalue weighted by molar-refractivity contribution is 5.75. The summed E-state index contributed by atoms with van der Waals surface area (Å²) in [7, 11) is 0. The summed E-state index contributed by atoms with van der Waals surface area (Å²) >= 11 is 0. The Morgan fingerprint density at radius 1 is 1.56 bits per heavy atom. The van der Waals surface area contributed by atoms with Crippen molar-refractivity contribution in [2.45, 2.75) is 25.9 Å². The average Bonchev–Trinajstić information content (AvgIpc) is 2.72. The third kappa shape index (κ3) is 4.37. The van der Waals surface area contributed by atoms with E-state index < -0.39 is 0 Å². The van der Waals surface area contributed by atoms with E-state index in [0.29, 0.717) is 25.2 Å². The third-order valence-corrected chi connectivity index (χ3v) is 2.01. The maximum Gasteiger partial charge on any atom is 0.241 e. The summed E-state index contributed by atoms with van der Waals surface area (Å²) in [6, 6.07) is 0. The van der Waals surface area contributed by atoms with Gasteiger partial charge >= 0.3 is 0 Å². The van der Waals surface area contributed by atoms with E-state index in [0.717, 1.165) is 6.42 Å². The normalized spacial score (nSPS) is 10.4. The molecule has 0 saturated heterocycles. The molecule has 1 aromatic heterocycles. The van der Waals surface area contributed by atoms with Crippen LogP contribution in [-0.4, -0.2) is 39.2 Å². The molecule has 0 spiro atoms. The van der Waals surface area contributed by atoms with Gasteiger partial charge in [-0.05, 0) is 12.8 Å². The number of nitrogens with zero attached hydrogens (tertiary/aromatic N) is 3. The van der Waals surface area contributed by atoms with Crippen molar-refractivity contribution in [2.75, 3.05) is 13.2 Å². The van der Waals surface area contributed by atoms with Gasteiger partial charge in [0.1, 0.15) is 6.54 Å². The summed E-state index contributed by atoms with van der Waals surface area (Å²) in [5.74, 6) is -0.119. The molecule has 1 aromatic rings. The molecule has 1 heterocycles. The molecule has 0 aliphatic carbocycles. The van der Waals surface area contributed by atoms with Gasteiger partial charge in [0.15, 0.2) is 0 Å². The minimum atomic E-state index is -0.119. The van der Waals surface area contributed by atoms with Gasteiger partial charge in [-0.3, -0.25) is 4.79 Å². The van der Waals surface area contributed by atoms with Gasteiger partial charge in [-0.25, -0.2) is 4.68 Å². The van der Waals surface area contributed by atoms with Crippen LogP contribution in [0.2, 0.25) is 0 Å². The van der Waals surface area contributed by atoms with Gasteiger partial charge in [-0.15, -0.1) is 5.10 Å². The number of amides is 1. The highest BCUT2D eigenvalue weighted by atomic mass is 16.2. The topological polar surface area (TPSA) is 106 Å². The van der Waals surface area contributed by atoms with E-state index in [4.69, 9.17) is 10.8 Å². The molecule has 0 fully saturated rings. The van der Waals surface area contributed by atoms with E-state index in [9.17, 15) is 4.79 Å². The van der Waals surface area contributed by atoms with Gasteiger partial charge in [0.05, 0.1) is 11.9 Å². The zero-order chi connectivity index (χ0) is 11.8. The maximum atomic E-state index is 11.4. The Hall–Kier alpha value is -1.47. The number of carbonyl (C=O) groups excluding carboxylic acids is 1. The van der Waals surface area contributed by atoms with Crippen LogP contribution in [0.1, 0.15) is 18.5 Å². The molecule has 0 saturated carbocycles. The monoisotopic (exact) mass is 227 g/mol. The van der Waals surface area contributed by atoms with Crippen molar-refractivity contribution in [1.29, 1.82) is 0 Å². The van der Waals surface area contributed by atoms with Gasteiger partial charge in [0, 0.05) is 19.7 Å². The molecule has 1 amide bonds. The van der Waals surface area contributed by atoms with Gasteiger partial charge in [-0.2, -0.15) is 0 Å². The predicted molar refractivity (Wildman–Crippen MR) is 57.2 cm³/mol. The highest BCUT2D eigenvalue weighted by Gasteiger charge is 2.04. The van der Waals surface area contributed by atoms with Crippen molar-refractivity contribution >= 4 is 5.91 Å². The maximum absolute atomic E-state index is 11.4. The summed E-state index contributed by atoms with van der Waals surface area (Å²) in [5, 5.41) is 18.8. The minimum Gasteiger partial charge on any atom is -0.396 e. The molecule has 0 unspecified atom stereocenters. The van der Waals surface area contributed by atoms with Gasteiger partial charge in [0.2, 0.25) is 5.91 Å². The first-order chi connectivity index (χ1) is 7.76. The fraction of sp³-hybridized carbons (Fsp3) is 0.667. The standard InChI is InChI=1S/C9H17N5O2/c10-5-8-6-14(13-12-8)7-9(16)11-3-1-2-4-15/h6,15H,1-5,7,10H2,(H,11,16). The minimum absolute atomic E-state index is 0.119. The van der Waals surface area contributed by atoms with Crippen LogP contribution in [0, 0.1) is 0 Å². The fourth-order valence-corrected chi connectivity index (χ4v) is 1.18. The van der Waals surface area contributed by atoms with Crippen LogP contribution < -0.4 is 11.1 Å². The average molecular weight is 227 g/mol. The molecule has 1 rings (SSSR count). The smallest absolute Gasteiger partial charge is 0.241 e. The second kappa shape index (κ2) is 6.91. The summed E-state index contributed by atoms with van der Waals surface area (Å²) in [5.41, 5.74) is 6.03. The number of rotatable bonds is 7. The van der Waals surface area contributed by atoms with E-state index in [2.05, 4.69) is 15.6 Å². The number of carbonyl (C=O) groups is 1. The van der Waals surface area contributed by atoms with Gasteiger partial charge in [0.25, 0.3) is 0 Å². The summed E-state index contributed by atoms with van der Waals surface area (Å²) in [6.45, 7) is 1.18. The summed E-state index contributed by atoms with van der Waals surface area (Å²) in [4.78, 5) is 11.4. The highest BCUT2D eigenvalue weighted by Crippen LogP contribution is 1.91. The van der Waals surface area contributed by atoms with E-state index in [-0.39, 0.29) is 19.1 Å². The number of hydrogen-bond acceptors (Lipinski definition) is 5. The molecular formula is C9H17N5O2. The molecule has 4 N–H and O–H groups in total. The molecule has 0 bridgehead atoms. The first kappa shape index (κ1) is 12.6. The van der Waals surface area contributed by atoms with Crippen molar-refractivity contribution < 1.29 is 9.90 Å². The number of nitrogens with two attached hydrogens (primary N) is 1. The van der Waals surface area contributed by atoms with Crippen LogP contribution in [0.25, 0.3) is 0 Å². The van der Waals surface area contributed by atoms with Crippen molar-refractivity contribution in [2.24, 2.45) is 5.73 Å². The molecule has 0 aliphatic rings. The predicted octanol–water partition coefficient (Wildman–Crippen LogP) is -1.37. The van der Waals surface area contributed by atoms with Crippen LogP contribution in [-0.2, 0) is 17.9 Å². The lowest BCUT2D eigenvalue weighted by atomic mass is 10.3. The van der Waals surface area contributed by atoms with Gasteiger partial charge in [-0.1, -0.05) is 5.21 Å². The first-order valence-electron chi connectivity index (χ1n) is 5.23. The Bertz CT molecular complexity index is 325. The number of aliphatic hydroxyl groups is 1. The second-order valence-electron chi connectivity index (χ2n) is 3.39. The number of aliphatic hydroxyl groups excluding tert-OH is 1. The lowest BCUT2D eigenvalue weighted by Crippen LogP contribution is -2.28. The van der Waals surface area contributed by atoms with Gasteiger partial charge < -0.3 is 16.2 Å².